The van der Waals surface area contributed by atoms with E-state index in [1.807, 2.05) is 0 Å². The van der Waals surface area contributed by atoms with Gasteiger partial charge in [-0.25, -0.2) is 20.0 Å². The van der Waals surface area contributed by atoms with Gasteiger partial charge in [-0.05, 0) is 98.5 Å². The summed E-state index contributed by atoms with van der Waals surface area (Å²) in [5.41, 5.74) is -3.06. The second-order valence-corrected chi connectivity index (χ2v) is 14.4. The second-order valence-electron chi connectivity index (χ2n) is 14.4. The molecule has 4 aromatic carbocycles. The molecule has 322 valence electrons. The van der Waals surface area contributed by atoms with Crippen molar-refractivity contribution >= 4 is 46.1 Å². The smallest absolute Gasteiger partial charge is 0.337 e. The molecule has 0 fully saturated rings. The van der Waals surface area contributed by atoms with Crippen LogP contribution >= 0.6 is 0 Å². The first-order valence-corrected chi connectivity index (χ1v) is 18.8. The lowest BCUT2D eigenvalue weighted by atomic mass is 9.92. The van der Waals surface area contributed by atoms with Gasteiger partial charge in [0.1, 0.15) is 11.6 Å². The molecule has 20 heteroatoms. The molecule has 2 N–H and O–H groups in total. The molecule has 0 saturated carbocycles. The van der Waals surface area contributed by atoms with Crippen LogP contribution in [0.1, 0.15) is 47.9 Å². The Balaban J connectivity index is 1.27. The molecule has 0 amide bonds. The van der Waals surface area contributed by atoms with Gasteiger partial charge >= 0.3 is 24.7 Å². The van der Waals surface area contributed by atoms with Crippen LogP contribution in [-0.2, 0) is 24.7 Å². The number of nitrogens with one attached hydrogen (secondary N) is 2. The van der Waals surface area contributed by atoms with Crippen molar-refractivity contribution in [2.24, 2.45) is 20.0 Å². The fourth-order valence-corrected chi connectivity index (χ4v) is 7.36. The van der Waals surface area contributed by atoms with E-state index >= 15 is 0 Å². The van der Waals surface area contributed by atoms with E-state index in [4.69, 9.17) is 9.98 Å². The van der Waals surface area contributed by atoms with E-state index in [9.17, 15) is 52.7 Å². The van der Waals surface area contributed by atoms with Gasteiger partial charge < -0.3 is 20.4 Å². The van der Waals surface area contributed by atoms with Crippen molar-refractivity contribution in [1.82, 2.24) is 9.80 Å². The Morgan fingerprint density at radius 3 is 1.15 bits per heavy atom. The predicted octanol–water partition coefficient (Wildman–Crippen LogP) is 12.2. The molecular weight excluding hydrogens is 844 g/mol. The first kappa shape index (κ1) is 42.1. The lowest BCUT2D eigenvalue weighted by Gasteiger charge is -2.32. The molecule has 0 unspecified atom stereocenters. The molecule has 8 rings (SSSR count). The lowest BCUT2D eigenvalue weighted by Crippen LogP contribution is -2.37. The minimum absolute atomic E-state index is 0.0147. The Morgan fingerprint density at radius 2 is 0.790 bits per heavy atom. The van der Waals surface area contributed by atoms with Crippen molar-refractivity contribution in [2.75, 3.05) is 23.7 Å². The molecule has 8 nitrogen and oxygen atoms in total. The molecule has 0 bridgehead atoms. The van der Waals surface area contributed by atoms with Crippen molar-refractivity contribution in [3.05, 3.63) is 142 Å². The Labute approximate surface area is 344 Å². The number of hydrogen-bond donors (Lipinski definition) is 2. The van der Waals surface area contributed by atoms with Crippen molar-refractivity contribution < 1.29 is 52.7 Å². The highest BCUT2D eigenvalue weighted by molar-refractivity contribution is 6.47. The van der Waals surface area contributed by atoms with Crippen molar-refractivity contribution in [1.29, 1.82) is 0 Å². The third-order valence-electron chi connectivity index (χ3n) is 10.1. The Kier molecular flexibility index (Phi) is 10.7. The van der Waals surface area contributed by atoms with Crippen LogP contribution in [0.2, 0.25) is 0 Å². The number of amidine groups is 4. The van der Waals surface area contributed by atoms with E-state index < -0.39 is 47.0 Å². The molecule has 4 aliphatic rings. The Hall–Kier alpha value is -6.60. The molecule has 0 spiro atoms. The minimum Gasteiger partial charge on any atom is -0.337 e. The van der Waals surface area contributed by atoms with Crippen LogP contribution in [0, 0.1) is 0 Å². The van der Waals surface area contributed by atoms with Crippen LogP contribution in [0.15, 0.2) is 140 Å². The van der Waals surface area contributed by atoms with Crippen LogP contribution < -0.4 is 10.6 Å². The summed E-state index contributed by atoms with van der Waals surface area (Å²) in [5.74, 6) is 0.436. The summed E-state index contributed by atoms with van der Waals surface area (Å²) in [5, 5.41) is 5.74. The normalized spacial score (nSPS) is 18.6. The maximum absolute atomic E-state index is 13.7. The number of nitrogens with zero attached hydrogens (tertiary/aromatic N) is 6. The standard InChI is InChI=1S/C42H30F12N8/c43-39(44,45)23-7-1-11-27(19-23)55-33-37(57-29-13-3-9-25(21-29)41(49,50)51)61-17-5-15-31(35(61)59-33)32-16-6-18-62-36(32)60-34(56-28-12-2-8-24(20-28)40(46,47)48)38(62)58-30-14-4-10-26(22-30)42(52,53)54/h1-4,7-14,19-22H,5-6,15-18H2,(H,55,59)(H,56,60). The molecule has 0 atom stereocenters. The summed E-state index contributed by atoms with van der Waals surface area (Å²) >= 11 is 0. The highest BCUT2D eigenvalue weighted by Gasteiger charge is 2.40. The highest BCUT2D eigenvalue weighted by Crippen LogP contribution is 2.42. The van der Waals surface area contributed by atoms with Gasteiger partial charge in [-0.2, -0.15) is 52.7 Å². The summed E-state index contributed by atoms with van der Waals surface area (Å²) in [4.78, 5) is 21.8. The number of hydrogen-bond acceptors (Lipinski definition) is 6. The molecule has 4 heterocycles. The van der Waals surface area contributed by atoms with Crippen LogP contribution in [0.5, 0.6) is 0 Å². The average Bonchev–Trinajstić information content (AvgIpc) is 3.73. The summed E-state index contributed by atoms with van der Waals surface area (Å²) in [6.45, 7) is 0.488. The molecule has 0 saturated heterocycles. The SMILES string of the molecule is FC(F)(F)c1cccc(N=C2C(Nc3cccc(C(F)(F)F)c3)=NC3=C(C4=C5N=C(Nc6cccc(C(F)(F)F)c6)C(=Nc6cccc(C(F)(F)F)c6)N5CCC4)CCCN23)c1. The average molecular weight is 875 g/mol. The van der Waals surface area contributed by atoms with Gasteiger partial charge in [-0.1, -0.05) is 24.3 Å². The van der Waals surface area contributed by atoms with Crippen LogP contribution in [-0.4, -0.2) is 46.2 Å². The summed E-state index contributed by atoms with van der Waals surface area (Å²) in [7, 11) is 0. The van der Waals surface area contributed by atoms with Crippen LogP contribution in [0.3, 0.4) is 0 Å². The van der Waals surface area contributed by atoms with Gasteiger partial charge in [-0.3, -0.25) is 0 Å². The first-order valence-electron chi connectivity index (χ1n) is 18.8. The highest BCUT2D eigenvalue weighted by atomic mass is 19.4. The number of benzene rings is 4. The number of anilines is 2. The Bertz CT molecular complexity index is 2430. The fraction of sp³-hybridized carbons (Fsp3) is 0.238. The number of alkyl halides is 12. The molecular formula is C42H30F12N8. The van der Waals surface area contributed by atoms with E-state index in [0.29, 0.717) is 36.8 Å². The summed E-state index contributed by atoms with van der Waals surface area (Å²) in [6.07, 6.45) is -17.2. The Morgan fingerprint density at radius 1 is 0.452 bits per heavy atom. The monoisotopic (exact) mass is 874 g/mol. The maximum atomic E-state index is 13.7. The second kappa shape index (κ2) is 15.7. The number of allylic oxidation sites excluding steroid dienone is 2. The van der Waals surface area contributed by atoms with Crippen molar-refractivity contribution in [3.8, 4) is 0 Å². The first-order chi connectivity index (χ1) is 29.2. The van der Waals surface area contributed by atoms with Crippen molar-refractivity contribution in [3.63, 3.8) is 0 Å². The van der Waals surface area contributed by atoms with Crippen LogP contribution in [0.4, 0.5) is 75.4 Å². The fourth-order valence-electron chi connectivity index (χ4n) is 7.36. The third kappa shape index (κ3) is 8.76. The van der Waals surface area contributed by atoms with Gasteiger partial charge in [0, 0.05) is 35.6 Å². The van der Waals surface area contributed by atoms with Crippen molar-refractivity contribution in [2.45, 2.75) is 50.4 Å². The van der Waals surface area contributed by atoms with Gasteiger partial charge in [0.25, 0.3) is 0 Å². The molecule has 62 heavy (non-hydrogen) atoms. The quantitative estimate of drug-likeness (QED) is 0.196. The maximum Gasteiger partial charge on any atom is 0.416 e. The largest absolute Gasteiger partial charge is 0.416 e. The van der Waals surface area contributed by atoms with E-state index in [0.717, 1.165) is 60.7 Å². The molecule has 4 aliphatic heterocycles. The number of fused-ring (bicyclic) bond motifs is 2. The minimum atomic E-state index is -4.71. The number of rotatable bonds is 5. The summed E-state index contributed by atoms with van der Waals surface area (Å²) in [6, 6.07) is 16.9. The molecule has 0 radical (unpaired) electrons. The molecule has 4 aromatic rings. The van der Waals surface area contributed by atoms with Gasteiger partial charge in [0.05, 0.1) is 33.6 Å². The van der Waals surface area contributed by atoms with Crippen LogP contribution in [0.25, 0.3) is 0 Å². The number of halogens is 12. The lowest BCUT2D eigenvalue weighted by molar-refractivity contribution is -0.138. The van der Waals surface area contributed by atoms with Gasteiger partial charge in [0.2, 0.25) is 0 Å². The van der Waals surface area contributed by atoms with Gasteiger partial charge in [-0.15, -0.1) is 0 Å². The molecule has 0 aliphatic carbocycles. The van der Waals surface area contributed by atoms with E-state index in [1.54, 1.807) is 9.80 Å². The predicted molar refractivity (Wildman–Crippen MR) is 208 cm³/mol. The zero-order valence-corrected chi connectivity index (χ0v) is 31.7. The zero-order chi connectivity index (χ0) is 44.2. The molecule has 0 aromatic heterocycles. The topological polar surface area (TPSA) is 80.0 Å². The zero-order valence-electron chi connectivity index (χ0n) is 31.7. The summed E-state index contributed by atoms with van der Waals surface area (Å²) < 4.78 is 165. The van der Waals surface area contributed by atoms with E-state index in [2.05, 4.69) is 20.6 Å². The number of aliphatic imine (C=N–C) groups is 4. The van der Waals surface area contributed by atoms with E-state index in [-0.39, 0.29) is 70.8 Å². The van der Waals surface area contributed by atoms with Gasteiger partial charge in [0.15, 0.2) is 23.3 Å². The third-order valence-corrected chi connectivity index (χ3v) is 10.1. The van der Waals surface area contributed by atoms with E-state index in [1.165, 1.54) is 36.4 Å².